The number of carboxylic acid groups (broad SMARTS) is 1. The van der Waals surface area contributed by atoms with E-state index in [1.54, 1.807) is 0 Å². The Bertz CT molecular complexity index is 630. The third-order valence-electron chi connectivity index (χ3n) is 3.75. The topological polar surface area (TPSA) is 102 Å². The van der Waals surface area contributed by atoms with Crippen molar-refractivity contribution in [3.05, 3.63) is 45.4 Å². The first-order valence-corrected chi connectivity index (χ1v) is 8.33. The lowest BCUT2D eigenvalue weighted by Gasteiger charge is -2.27. The fourth-order valence-corrected chi connectivity index (χ4v) is 2.82. The van der Waals surface area contributed by atoms with Crippen LogP contribution in [0.5, 0.6) is 0 Å². The number of aliphatic carboxylic acids is 1. The Labute approximate surface area is 148 Å². The molecular formula is C17H26ClN3O3. The lowest BCUT2D eigenvalue weighted by atomic mass is 9.88. The van der Waals surface area contributed by atoms with E-state index in [2.05, 4.69) is 6.07 Å². The van der Waals surface area contributed by atoms with Crippen molar-refractivity contribution < 1.29 is 14.6 Å². The zero-order valence-corrected chi connectivity index (χ0v) is 15.4. The molecule has 0 bridgehead atoms. The molecule has 1 aliphatic rings. The highest BCUT2D eigenvalue weighted by Crippen LogP contribution is 2.29. The van der Waals surface area contributed by atoms with Gasteiger partial charge in [-0.25, -0.2) is 10.6 Å². The predicted molar refractivity (Wildman–Crippen MR) is 95.2 cm³/mol. The maximum Gasteiger partial charge on any atom is 0.359 e. The van der Waals surface area contributed by atoms with Gasteiger partial charge < -0.3 is 20.6 Å². The van der Waals surface area contributed by atoms with Gasteiger partial charge in [-0.3, -0.25) is 0 Å². The van der Waals surface area contributed by atoms with E-state index in [-0.39, 0.29) is 17.7 Å². The van der Waals surface area contributed by atoms with Crippen molar-refractivity contribution in [3.63, 3.8) is 0 Å². The van der Waals surface area contributed by atoms with Crippen molar-refractivity contribution in [1.29, 1.82) is 0 Å². The van der Waals surface area contributed by atoms with Gasteiger partial charge in [0, 0.05) is 18.5 Å². The second-order valence-corrected chi connectivity index (χ2v) is 5.89. The van der Waals surface area contributed by atoms with Crippen LogP contribution in [0.4, 0.5) is 0 Å². The van der Waals surface area contributed by atoms with Gasteiger partial charge in [0.05, 0.1) is 0 Å². The monoisotopic (exact) mass is 355 g/mol. The van der Waals surface area contributed by atoms with E-state index >= 15 is 0 Å². The quantitative estimate of drug-likeness (QED) is 0.332. The van der Waals surface area contributed by atoms with Crippen LogP contribution < -0.4 is 11.6 Å². The Morgan fingerprint density at radius 1 is 1.38 bits per heavy atom. The Hall–Kier alpha value is -1.92. The minimum atomic E-state index is -1.22. The third kappa shape index (κ3) is 4.79. The van der Waals surface area contributed by atoms with Crippen LogP contribution in [0.3, 0.4) is 0 Å². The van der Waals surface area contributed by atoms with E-state index in [0.29, 0.717) is 6.42 Å². The molecular weight excluding hydrogens is 330 g/mol. The first kappa shape index (κ1) is 20.1. The van der Waals surface area contributed by atoms with Gasteiger partial charge in [-0.05, 0) is 42.5 Å². The second-order valence-electron chi connectivity index (χ2n) is 5.48. The molecule has 0 heterocycles. The molecule has 134 valence electrons. The molecule has 0 aliphatic heterocycles. The number of fused-ring (bicyclic) bond motifs is 1. The lowest BCUT2D eigenvalue weighted by molar-refractivity contribution is -0.134. The number of likely N-dealkylation sites (N-methyl/N-ethyl adjacent to an activating group) is 1. The molecule has 1 atom stereocenters. The highest BCUT2D eigenvalue weighted by molar-refractivity contribution is 6.31. The molecule has 6 nitrogen and oxygen atoms in total. The molecule has 0 spiro atoms. The summed E-state index contributed by atoms with van der Waals surface area (Å²) in [5.41, 5.74) is 8.91. The summed E-state index contributed by atoms with van der Waals surface area (Å²) in [6, 6.07) is 4.03. The summed E-state index contributed by atoms with van der Waals surface area (Å²) in [6.07, 6.45) is 2.04. The molecule has 0 fully saturated rings. The largest absolute Gasteiger partial charge is 0.476 e. The fraction of sp³-hybridized carbons (Fsp3) is 0.471. The first-order valence-electron chi connectivity index (χ1n) is 7.95. The summed E-state index contributed by atoms with van der Waals surface area (Å²) in [5.74, 6) is 4.07. The van der Waals surface area contributed by atoms with Crippen molar-refractivity contribution in [2.24, 2.45) is 11.6 Å². The SMILES string of the molecule is CC.Cc1cc2c(cc1Cl)CC(O/C(N)=C(\C(=O)O)N(C)N)CC2. The number of halogens is 1. The van der Waals surface area contributed by atoms with Crippen molar-refractivity contribution >= 4 is 17.6 Å². The van der Waals surface area contributed by atoms with Crippen LogP contribution in [0.1, 0.15) is 37.0 Å². The van der Waals surface area contributed by atoms with Gasteiger partial charge in [-0.15, -0.1) is 0 Å². The average molecular weight is 356 g/mol. The number of nitrogens with two attached hydrogens (primary N) is 2. The summed E-state index contributed by atoms with van der Waals surface area (Å²) >= 11 is 6.16. The summed E-state index contributed by atoms with van der Waals surface area (Å²) in [5, 5.41) is 10.8. The first-order chi connectivity index (χ1) is 11.3. The van der Waals surface area contributed by atoms with Crippen LogP contribution in [0.25, 0.3) is 0 Å². The van der Waals surface area contributed by atoms with E-state index in [1.165, 1.54) is 12.6 Å². The summed E-state index contributed by atoms with van der Waals surface area (Å²) < 4.78 is 5.61. The van der Waals surface area contributed by atoms with Crippen LogP contribution in [-0.2, 0) is 22.4 Å². The number of hydrogen-bond acceptors (Lipinski definition) is 5. The number of benzene rings is 1. The van der Waals surface area contributed by atoms with Gasteiger partial charge in [-0.2, -0.15) is 0 Å². The molecule has 0 radical (unpaired) electrons. The molecule has 24 heavy (non-hydrogen) atoms. The third-order valence-corrected chi connectivity index (χ3v) is 4.15. The maximum atomic E-state index is 11.1. The molecule has 1 unspecified atom stereocenters. The van der Waals surface area contributed by atoms with Crippen LogP contribution in [-0.4, -0.2) is 29.2 Å². The molecule has 1 aliphatic carbocycles. The standard InChI is InChI=1S/C15H20ClN3O3.C2H6/c1-8-5-9-3-4-11(6-10(9)7-12(8)16)22-14(17)13(15(20)21)19(2)18;1-2/h5,7,11H,3-4,6,17-18H2,1-2H3,(H,20,21);1-2H3/b14-13+;. The Morgan fingerprint density at radius 2 is 2.00 bits per heavy atom. The van der Waals surface area contributed by atoms with Crippen molar-refractivity contribution in [1.82, 2.24) is 5.01 Å². The number of rotatable bonds is 4. The normalized spacial score (nSPS) is 17.0. The molecule has 0 saturated heterocycles. The second kappa shape index (κ2) is 8.80. The summed E-state index contributed by atoms with van der Waals surface area (Å²) in [4.78, 5) is 11.1. The Morgan fingerprint density at radius 3 is 2.54 bits per heavy atom. The van der Waals surface area contributed by atoms with Crippen LogP contribution >= 0.6 is 11.6 Å². The number of ether oxygens (including phenoxy) is 1. The van der Waals surface area contributed by atoms with Gasteiger partial charge in [-0.1, -0.05) is 31.5 Å². The molecule has 1 aromatic rings. The van der Waals surface area contributed by atoms with Crippen molar-refractivity contribution in [2.45, 2.75) is 46.1 Å². The molecule has 2 rings (SSSR count). The summed E-state index contributed by atoms with van der Waals surface area (Å²) in [7, 11) is 1.40. The Kier molecular flexibility index (Phi) is 7.38. The van der Waals surface area contributed by atoms with Crippen LogP contribution in [0.2, 0.25) is 5.02 Å². The molecule has 0 aromatic heterocycles. The highest BCUT2D eigenvalue weighted by atomic mass is 35.5. The number of carboxylic acids is 1. The predicted octanol–water partition coefficient (Wildman–Crippen LogP) is 2.57. The number of aryl methyl sites for hydroxylation is 2. The van der Waals surface area contributed by atoms with E-state index < -0.39 is 5.97 Å². The highest BCUT2D eigenvalue weighted by Gasteiger charge is 2.24. The lowest BCUT2D eigenvalue weighted by Crippen LogP contribution is -2.35. The van der Waals surface area contributed by atoms with E-state index in [1.807, 2.05) is 26.8 Å². The van der Waals surface area contributed by atoms with E-state index in [4.69, 9.17) is 33.0 Å². The number of hydrazine groups is 1. The molecule has 1 aromatic carbocycles. The van der Waals surface area contributed by atoms with Crippen LogP contribution in [0, 0.1) is 6.92 Å². The number of nitrogens with zero attached hydrogens (tertiary/aromatic N) is 1. The van der Waals surface area contributed by atoms with Crippen LogP contribution in [0.15, 0.2) is 23.7 Å². The minimum Gasteiger partial charge on any atom is -0.476 e. The smallest absolute Gasteiger partial charge is 0.359 e. The van der Waals surface area contributed by atoms with E-state index in [9.17, 15) is 4.79 Å². The van der Waals surface area contributed by atoms with Crippen molar-refractivity contribution in [2.75, 3.05) is 7.05 Å². The van der Waals surface area contributed by atoms with Gasteiger partial charge in [0.15, 0.2) is 5.70 Å². The fourth-order valence-electron chi connectivity index (χ4n) is 2.64. The zero-order chi connectivity index (χ0) is 18.4. The zero-order valence-electron chi connectivity index (χ0n) is 14.6. The minimum absolute atomic E-state index is 0.177. The van der Waals surface area contributed by atoms with E-state index in [0.717, 1.165) is 34.0 Å². The van der Waals surface area contributed by atoms with Gasteiger partial charge in [0.2, 0.25) is 5.88 Å². The van der Waals surface area contributed by atoms with Gasteiger partial charge >= 0.3 is 5.97 Å². The average Bonchev–Trinajstić information content (AvgIpc) is 2.50. The maximum absolute atomic E-state index is 11.1. The summed E-state index contributed by atoms with van der Waals surface area (Å²) in [6.45, 7) is 5.97. The van der Waals surface area contributed by atoms with Gasteiger partial charge in [0.1, 0.15) is 6.10 Å². The number of hydrogen-bond donors (Lipinski definition) is 3. The molecule has 7 heteroatoms. The molecule has 5 N–H and O–H groups in total. The molecule has 0 amide bonds. The van der Waals surface area contributed by atoms with Crippen molar-refractivity contribution in [3.8, 4) is 0 Å². The Balaban J connectivity index is 0.00000139. The molecule has 0 saturated carbocycles. The number of carbonyl (C=O) groups is 1. The van der Waals surface area contributed by atoms with Gasteiger partial charge in [0.25, 0.3) is 0 Å².